The van der Waals surface area contributed by atoms with Crippen LogP contribution in [0.5, 0.6) is 0 Å². The van der Waals surface area contributed by atoms with Crippen molar-refractivity contribution >= 4 is 23.2 Å². The first-order chi connectivity index (χ1) is 21.4. The molecule has 3 nitrogen and oxygen atoms in total. The van der Waals surface area contributed by atoms with E-state index in [-0.39, 0.29) is 23.3 Å². The highest BCUT2D eigenvalue weighted by Crippen LogP contribution is 2.28. The topological polar surface area (TPSA) is 27.7 Å². The Morgan fingerprint density at radius 2 is 0.733 bits per heavy atom. The second kappa shape index (κ2) is 29.4. The van der Waals surface area contributed by atoms with Crippen molar-refractivity contribution in [3.8, 4) is 0 Å². The largest absolute Gasteiger partial charge is 0.353 e. The van der Waals surface area contributed by atoms with Gasteiger partial charge < -0.3 is 14.2 Å². The van der Waals surface area contributed by atoms with E-state index in [1.165, 1.54) is 64.2 Å². The molecular weight excluding hydrogens is 599 g/mol. The lowest BCUT2D eigenvalue weighted by atomic mass is 9.86. The average molecular weight is 680 g/mol. The highest BCUT2D eigenvalue weighted by Gasteiger charge is 2.21. The summed E-state index contributed by atoms with van der Waals surface area (Å²) in [6, 6.07) is 0. The number of ether oxygens (including phenoxy) is 3. The third-order valence-electron chi connectivity index (χ3n) is 9.35. The maximum atomic E-state index is 6.65. The van der Waals surface area contributed by atoms with Gasteiger partial charge in [-0.25, -0.2) is 0 Å². The van der Waals surface area contributed by atoms with Crippen LogP contribution in [0.25, 0.3) is 0 Å². The first-order valence-electron chi connectivity index (χ1n) is 19.5. The molecule has 10 atom stereocenters. The molecular formula is C40H80Cl2O3. The lowest BCUT2D eigenvalue weighted by molar-refractivity contribution is -0.250. The van der Waals surface area contributed by atoms with Crippen LogP contribution in [0.1, 0.15) is 185 Å². The molecule has 0 aliphatic carbocycles. The lowest BCUT2D eigenvalue weighted by Crippen LogP contribution is -2.28. The third-order valence-corrected chi connectivity index (χ3v) is 9.71. The molecule has 0 aromatic rings. The van der Waals surface area contributed by atoms with E-state index in [1.807, 2.05) is 0 Å². The van der Waals surface area contributed by atoms with Crippen molar-refractivity contribution in [2.45, 2.75) is 208 Å². The molecule has 0 radical (unpaired) electrons. The zero-order valence-electron chi connectivity index (χ0n) is 31.9. The molecule has 0 spiro atoms. The summed E-state index contributed by atoms with van der Waals surface area (Å²) in [7, 11) is 0. The van der Waals surface area contributed by atoms with Crippen LogP contribution >= 0.6 is 23.2 Å². The summed E-state index contributed by atoms with van der Waals surface area (Å²) < 4.78 is 19.4. The van der Waals surface area contributed by atoms with Crippen molar-refractivity contribution in [2.75, 3.05) is 13.2 Å². The van der Waals surface area contributed by atoms with E-state index in [2.05, 4.69) is 69.2 Å². The van der Waals surface area contributed by atoms with Crippen LogP contribution in [0, 0.1) is 35.5 Å². The van der Waals surface area contributed by atoms with Crippen LogP contribution in [-0.2, 0) is 14.2 Å². The van der Waals surface area contributed by atoms with Crippen molar-refractivity contribution in [1.29, 1.82) is 0 Å². The maximum absolute atomic E-state index is 6.65. The highest BCUT2D eigenvalue weighted by molar-refractivity contribution is 6.20. The van der Waals surface area contributed by atoms with Gasteiger partial charge in [0.25, 0.3) is 0 Å². The third kappa shape index (κ3) is 29.1. The zero-order valence-corrected chi connectivity index (χ0v) is 33.4. The highest BCUT2D eigenvalue weighted by atomic mass is 35.5. The van der Waals surface area contributed by atoms with Crippen molar-refractivity contribution in [1.82, 2.24) is 0 Å². The molecule has 0 aromatic carbocycles. The van der Waals surface area contributed by atoms with E-state index < -0.39 is 0 Å². The SMILES string of the molecule is CCCCCOC(CCCC(C)CC(C)CC(C)CC(C)Cl)OC(CCCC(C)CC(C)CC(C)CC(C)Cl)OCCCCC. The van der Waals surface area contributed by atoms with Gasteiger partial charge in [0, 0.05) is 24.0 Å². The smallest absolute Gasteiger partial charge is 0.160 e. The summed E-state index contributed by atoms with van der Waals surface area (Å²) in [4.78, 5) is 0. The van der Waals surface area contributed by atoms with Crippen LogP contribution in [0.15, 0.2) is 0 Å². The lowest BCUT2D eigenvalue weighted by Gasteiger charge is -2.27. The summed E-state index contributed by atoms with van der Waals surface area (Å²) in [5.74, 6) is 4.31. The molecule has 0 rings (SSSR count). The molecule has 0 bridgehead atoms. The molecule has 0 aliphatic rings. The van der Waals surface area contributed by atoms with E-state index in [0.717, 1.165) is 76.4 Å². The van der Waals surface area contributed by atoms with Crippen LogP contribution in [0.2, 0.25) is 0 Å². The van der Waals surface area contributed by atoms with Crippen molar-refractivity contribution in [3.05, 3.63) is 0 Å². The average Bonchev–Trinajstić information content (AvgIpc) is 2.91. The number of alkyl halides is 2. The van der Waals surface area contributed by atoms with Crippen molar-refractivity contribution in [3.63, 3.8) is 0 Å². The second-order valence-electron chi connectivity index (χ2n) is 15.6. The minimum atomic E-state index is -0.170. The quantitative estimate of drug-likeness (QED) is 0.0402. The van der Waals surface area contributed by atoms with E-state index >= 15 is 0 Å². The molecule has 10 unspecified atom stereocenters. The van der Waals surface area contributed by atoms with Crippen LogP contribution < -0.4 is 0 Å². The maximum Gasteiger partial charge on any atom is 0.160 e. The Balaban J connectivity index is 4.96. The number of halogens is 2. The number of rotatable bonds is 32. The number of hydrogen-bond acceptors (Lipinski definition) is 3. The fourth-order valence-corrected chi connectivity index (χ4v) is 8.04. The molecule has 272 valence electrons. The van der Waals surface area contributed by atoms with Gasteiger partial charge >= 0.3 is 0 Å². The van der Waals surface area contributed by atoms with Gasteiger partial charge in [-0.1, -0.05) is 93.9 Å². The zero-order chi connectivity index (χ0) is 34.0. The summed E-state index contributed by atoms with van der Waals surface area (Å²) in [5.41, 5.74) is 0. The van der Waals surface area contributed by atoms with Gasteiger partial charge in [-0.05, 0) is 126 Å². The molecule has 0 N–H and O–H groups in total. The molecule has 0 saturated heterocycles. The van der Waals surface area contributed by atoms with E-state index in [4.69, 9.17) is 37.4 Å². The van der Waals surface area contributed by atoms with Gasteiger partial charge in [0.15, 0.2) is 12.6 Å². The Morgan fingerprint density at radius 1 is 0.400 bits per heavy atom. The second-order valence-corrected chi connectivity index (χ2v) is 17.1. The Morgan fingerprint density at radius 3 is 1.07 bits per heavy atom. The first kappa shape index (κ1) is 45.5. The minimum Gasteiger partial charge on any atom is -0.353 e. The van der Waals surface area contributed by atoms with Gasteiger partial charge in [0.1, 0.15) is 0 Å². The van der Waals surface area contributed by atoms with Crippen LogP contribution in [0.4, 0.5) is 0 Å². The first-order valence-corrected chi connectivity index (χ1v) is 20.4. The molecule has 0 aromatic heterocycles. The number of unbranched alkanes of at least 4 members (excludes halogenated alkanes) is 4. The number of hydrogen-bond donors (Lipinski definition) is 0. The fraction of sp³-hybridized carbons (Fsp3) is 1.00. The summed E-state index contributed by atoms with van der Waals surface area (Å²) in [6.07, 6.45) is 20.7. The van der Waals surface area contributed by atoms with E-state index in [1.54, 1.807) is 0 Å². The van der Waals surface area contributed by atoms with Crippen LogP contribution in [0.3, 0.4) is 0 Å². The molecule has 0 heterocycles. The van der Waals surface area contributed by atoms with Gasteiger partial charge in [0.05, 0.1) is 0 Å². The van der Waals surface area contributed by atoms with Gasteiger partial charge in [-0.2, -0.15) is 0 Å². The van der Waals surface area contributed by atoms with E-state index in [9.17, 15) is 0 Å². The molecule has 45 heavy (non-hydrogen) atoms. The molecule has 0 fully saturated rings. The normalized spacial score (nSPS) is 18.9. The fourth-order valence-electron chi connectivity index (χ4n) is 7.43. The monoisotopic (exact) mass is 679 g/mol. The van der Waals surface area contributed by atoms with Crippen molar-refractivity contribution in [2.24, 2.45) is 35.5 Å². The van der Waals surface area contributed by atoms with E-state index in [0.29, 0.717) is 23.7 Å². The van der Waals surface area contributed by atoms with Gasteiger partial charge in [0.2, 0.25) is 0 Å². The predicted molar refractivity (Wildman–Crippen MR) is 201 cm³/mol. The predicted octanol–water partition coefficient (Wildman–Crippen LogP) is 13.8. The molecule has 0 saturated carbocycles. The van der Waals surface area contributed by atoms with Crippen molar-refractivity contribution < 1.29 is 14.2 Å². The Hall–Kier alpha value is 0.460. The Bertz CT molecular complexity index is 579. The van der Waals surface area contributed by atoms with Crippen LogP contribution in [-0.4, -0.2) is 36.5 Å². The summed E-state index contributed by atoms with van der Waals surface area (Å²) in [5, 5.41) is 0.546. The Kier molecular flexibility index (Phi) is 29.7. The molecule has 0 amide bonds. The van der Waals surface area contributed by atoms with Gasteiger partial charge in [-0.15, -0.1) is 23.2 Å². The molecule has 5 heteroatoms. The van der Waals surface area contributed by atoms with Gasteiger partial charge in [-0.3, -0.25) is 0 Å². The Labute approximate surface area is 293 Å². The minimum absolute atomic E-state index is 0.170. The standard InChI is InChI=1S/C40H80Cl2O3/c1-11-13-15-23-43-39(21-17-19-31(3)25-33(5)27-35(7)29-37(9)41)45-40(44-24-16-14-12-2)22-18-20-32(4)26-34(6)28-36(8)30-38(10)42/h31-40H,11-30H2,1-10H3. The summed E-state index contributed by atoms with van der Waals surface area (Å²) in [6.45, 7) is 24.7. The molecule has 0 aliphatic heterocycles. The summed E-state index contributed by atoms with van der Waals surface area (Å²) >= 11 is 12.5.